The molecule has 0 radical (unpaired) electrons. The molecule has 1 aliphatic heterocycles. The monoisotopic (exact) mass is 204 g/mol. The Bertz CT molecular complexity index is 170. The smallest absolute Gasteiger partial charge is 0.145 e. The highest BCUT2D eigenvalue weighted by molar-refractivity contribution is 8.11. The van der Waals surface area contributed by atoms with Crippen molar-refractivity contribution in [2.75, 3.05) is 13.1 Å². The van der Waals surface area contributed by atoms with Crippen LogP contribution in [-0.2, 0) is 0 Å². The summed E-state index contributed by atoms with van der Waals surface area (Å²) in [6.07, 6.45) is 2.44. The van der Waals surface area contributed by atoms with E-state index in [2.05, 4.69) is 36.9 Å². The van der Waals surface area contributed by atoms with Gasteiger partial charge in [-0.3, -0.25) is 0 Å². The Hall–Kier alpha value is 0.200. The van der Waals surface area contributed by atoms with Gasteiger partial charge in [0.15, 0.2) is 0 Å². The molecule has 2 nitrogen and oxygen atoms in total. The summed E-state index contributed by atoms with van der Waals surface area (Å²) < 4.78 is 0.565. The minimum atomic E-state index is 0.496. The molecule has 0 aromatic heterocycles. The minimum absolute atomic E-state index is 0.496. The maximum Gasteiger partial charge on any atom is 0.145 e. The van der Waals surface area contributed by atoms with E-state index in [1.54, 1.807) is 0 Å². The van der Waals surface area contributed by atoms with Crippen LogP contribution in [0, 0.1) is 5.41 Å². The highest BCUT2D eigenvalue weighted by atomic mass is 32.1. The van der Waals surface area contributed by atoms with Gasteiger partial charge in [0, 0.05) is 13.1 Å². The molecule has 0 saturated carbocycles. The van der Waals surface area contributed by atoms with Crippen LogP contribution in [0.25, 0.3) is 0 Å². The predicted molar refractivity (Wildman–Crippen MR) is 59.3 cm³/mol. The zero-order valence-electron chi connectivity index (χ0n) is 7.63. The van der Waals surface area contributed by atoms with Crippen molar-refractivity contribution in [2.45, 2.75) is 26.7 Å². The van der Waals surface area contributed by atoms with E-state index in [1.165, 1.54) is 12.8 Å². The fourth-order valence-corrected chi connectivity index (χ4v) is 1.63. The highest BCUT2D eigenvalue weighted by Gasteiger charge is 2.25. The summed E-state index contributed by atoms with van der Waals surface area (Å²) in [4.78, 5) is 0. The minimum Gasteiger partial charge on any atom is -0.304 e. The van der Waals surface area contributed by atoms with Crippen molar-refractivity contribution in [2.24, 2.45) is 5.41 Å². The molecule has 1 heterocycles. The van der Waals surface area contributed by atoms with E-state index in [-0.39, 0.29) is 0 Å². The first-order valence-corrected chi connectivity index (χ1v) is 5.10. The van der Waals surface area contributed by atoms with Gasteiger partial charge >= 0.3 is 0 Å². The van der Waals surface area contributed by atoms with Gasteiger partial charge in [-0.2, -0.15) is 0 Å². The zero-order chi connectivity index (χ0) is 9.19. The van der Waals surface area contributed by atoms with Crippen LogP contribution in [0.5, 0.6) is 0 Å². The second-order valence-electron chi connectivity index (χ2n) is 4.07. The van der Waals surface area contributed by atoms with Gasteiger partial charge < -0.3 is 5.43 Å². The molecule has 1 aliphatic rings. The van der Waals surface area contributed by atoms with E-state index in [4.69, 9.17) is 12.2 Å². The van der Waals surface area contributed by atoms with E-state index < -0.39 is 0 Å². The van der Waals surface area contributed by atoms with Crippen LogP contribution in [0.2, 0.25) is 0 Å². The Morgan fingerprint density at radius 1 is 1.42 bits per heavy atom. The highest BCUT2D eigenvalue weighted by Crippen LogP contribution is 2.28. The molecule has 4 heteroatoms. The van der Waals surface area contributed by atoms with Gasteiger partial charge in [0.2, 0.25) is 0 Å². The van der Waals surface area contributed by atoms with Crippen molar-refractivity contribution in [1.29, 1.82) is 0 Å². The third-order valence-electron chi connectivity index (χ3n) is 2.37. The van der Waals surface area contributed by atoms with Gasteiger partial charge in [-0.15, -0.1) is 12.6 Å². The third-order valence-corrected chi connectivity index (χ3v) is 2.56. The first-order chi connectivity index (χ1) is 5.49. The molecule has 1 rings (SSSR count). The fraction of sp³-hybridized carbons (Fsp3) is 0.875. The number of rotatable bonds is 1. The zero-order valence-corrected chi connectivity index (χ0v) is 9.34. The fourth-order valence-electron chi connectivity index (χ4n) is 1.36. The van der Waals surface area contributed by atoms with Gasteiger partial charge in [0.1, 0.15) is 4.32 Å². The molecule has 1 N–H and O–H groups in total. The molecule has 1 fully saturated rings. The molecular formula is C8H16N2S2. The maximum absolute atomic E-state index is 4.84. The molecule has 0 bridgehead atoms. The number of hydrazine groups is 1. The Morgan fingerprint density at radius 2 is 1.92 bits per heavy atom. The second kappa shape index (κ2) is 3.94. The van der Waals surface area contributed by atoms with Crippen LogP contribution in [-0.4, -0.2) is 22.4 Å². The van der Waals surface area contributed by atoms with E-state index in [9.17, 15) is 0 Å². The standard InChI is InChI=1S/C8H16N2S2/c1-8(2)3-5-10(6-4-8)9-7(11)12/h3-6H2,1-2H3,(H2,9,11,12). The largest absolute Gasteiger partial charge is 0.304 e. The van der Waals surface area contributed by atoms with Crippen LogP contribution >= 0.6 is 24.8 Å². The second-order valence-corrected chi connectivity index (χ2v) is 5.23. The van der Waals surface area contributed by atoms with E-state index in [0.29, 0.717) is 9.74 Å². The molecule has 0 atom stereocenters. The van der Waals surface area contributed by atoms with Crippen molar-refractivity contribution < 1.29 is 0 Å². The van der Waals surface area contributed by atoms with Crippen molar-refractivity contribution in [3.8, 4) is 0 Å². The Kier molecular flexibility index (Phi) is 3.37. The van der Waals surface area contributed by atoms with Crippen molar-refractivity contribution in [3.63, 3.8) is 0 Å². The van der Waals surface area contributed by atoms with Gasteiger partial charge in [-0.05, 0) is 18.3 Å². The van der Waals surface area contributed by atoms with Crippen LogP contribution in [0.1, 0.15) is 26.7 Å². The van der Waals surface area contributed by atoms with Crippen molar-refractivity contribution in [1.82, 2.24) is 10.4 Å². The summed E-state index contributed by atoms with van der Waals surface area (Å²) >= 11 is 8.88. The molecular weight excluding hydrogens is 188 g/mol. The first kappa shape index (κ1) is 10.3. The molecule has 0 aromatic rings. The van der Waals surface area contributed by atoms with Gasteiger partial charge in [0.05, 0.1) is 0 Å². The Balaban J connectivity index is 2.31. The summed E-state index contributed by atoms with van der Waals surface area (Å²) in [5, 5.41) is 2.14. The lowest BCUT2D eigenvalue weighted by molar-refractivity contribution is 0.113. The normalized spacial score (nSPS) is 23.6. The lowest BCUT2D eigenvalue weighted by Gasteiger charge is -2.36. The molecule has 70 valence electrons. The number of nitrogens with one attached hydrogen (secondary N) is 1. The summed E-state index contributed by atoms with van der Waals surface area (Å²) in [5.41, 5.74) is 3.54. The molecule has 0 spiro atoms. The molecule has 0 aliphatic carbocycles. The Morgan fingerprint density at radius 3 is 2.33 bits per heavy atom. The van der Waals surface area contributed by atoms with Crippen LogP contribution in [0.3, 0.4) is 0 Å². The summed E-state index contributed by atoms with van der Waals surface area (Å²) in [7, 11) is 0. The topological polar surface area (TPSA) is 15.3 Å². The molecule has 1 saturated heterocycles. The summed E-state index contributed by atoms with van der Waals surface area (Å²) in [6, 6.07) is 0. The number of thiol groups is 1. The van der Waals surface area contributed by atoms with Crippen molar-refractivity contribution >= 4 is 29.2 Å². The third kappa shape index (κ3) is 3.29. The van der Waals surface area contributed by atoms with Gasteiger partial charge in [-0.25, -0.2) is 5.01 Å². The summed E-state index contributed by atoms with van der Waals surface area (Å²) in [5.74, 6) is 0. The molecule has 0 amide bonds. The van der Waals surface area contributed by atoms with Crippen molar-refractivity contribution in [3.05, 3.63) is 0 Å². The van der Waals surface area contributed by atoms with Crippen LogP contribution in [0.4, 0.5) is 0 Å². The quantitative estimate of drug-likeness (QED) is 0.501. The lowest BCUT2D eigenvalue weighted by atomic mass is 9.83. The number of thiocarbonyl (C=S) groups is 1. The Labute approximate surface area is 85.1 Å². The van der Waals surface area contributed by atoms with Gasteiger partial charge in [0.25, 0.3) is 0 Å². The average Bonchev–Trinajstić information content (AvgIpc) is 1.93. The number of hydrogen-bond acceptors (Lipinski definition) is 2. The molecule has 0 aromatic carbocycles. The first-order valence-electron chi connectivity index (χ1n) is 4.24. The number of piperidine rings is 1. The van der Waals surface area contributed by atoms with E-state index >= 15 is 0 Å². The number of hydrogen-bond donors (Lipinski definition) is 2. The van der Waals surface area contributed by atoms with E-state index in [0.717, 1.165) is 13.1 Å². The summed E-state index contributed by atoms with van der Waals surface area (Å²) in [6.45, 7) is 6.74. The SMILES string of the molecule is CC1(C)CCN(NC(=S)S)CC1. The van der Waals surface area contributed by atoms with E-state index in [1.807, 2.05) is 0 Å². The van der Waals surface area contributed by atoms with Gasteiger partial charge in [-0.1, -0.05) is 26.1 Å². The predicted octanol–water partition coefficient (Wildman–Crippen LogP) is 1.83. The maximum atomic E-state index is 4.84. The number of nitrogens with zero attached hydrogens (tertiary/aromatic N) is 1. The van der Waals surface area contributed by atoms with Crippen LogP contribution in [0.15, 0.2) is 0 Å². The molecule has 12 heavy (non-hydrogen) atoms. The lowest BCUT2D eigenvalue weighted by Crippen LogP contribution is -2.46. The molecule has 0 unspecified atom stereocenters. The average molecular weight is 204 g/mol. The van der Waals surface area contributed by atoms with Crippen LogP contribution < -0.4 is 5.43 Å².